The lowest BCUT2D eigenvalue weighted by molar-refractivity contribution is 1.10. The van der Waals surface area contributed by atoms with E-state index in [1.165, 1.54) is 0 Å². The summed E-state index contributed by atoms with van der Waals surface area (Å²) < 4.78 is 2.26. The van der Waals surface area contributed by atoms with Gasteiger partial charge >= 0.3 is 0 Å². The van der Waals surface area contributed by atoms with Crippen LogP contribution in [0.15, 0.2) is 183 Å². The maximum atomic E-state index is 5.43. The Balaban J connectivity index is 1.18. The standard InChI is InChI=1S/C47H30N6/c1-3-11-33(12-4-1)47-52-46-43(53(47)37-15-5-2-6-16-37)24-23-39-38-17-7-8-18-40(38)51-45(44(39)46)32-21-19-31(20-22-32)36-27-41(34-13-9-25-48-29-34)50-42(28-36)35-14-10-26-49-30-35/h1-30H. The molecule has 0 fully saturated rings. The van der Waals surface area contributed by atoms with Crippen LogP contribution < -0.4 is 0 Å². The molecule has 5 aromatic carbocycles. The number of para-hydroxylation sites is 2. The lowest BCUT2D eigenvalue weighted by Gasteiger charge is -2.13. The summed E-state index contributed by atoms with van der Waals surface area (Å²) >= 11 is 0. The van der Waals surface area contributed by atoms with E-state index in [2.05, 4.69) is 130 Å². The minimum absolute atomic E-state index is 0.853. The predicted octanol–water partition coefficient (Wildman–Crippen LogP) is 11.2. The Hall–Kier alpha value is -7.31. The molecule has 6 nitrogen and oxygen atoms in total. The van der Waals surface area contributed by atoms with Crippen LogP contribution >= 0.6 is 0 Å². The highest BCUT2D eigenvalue weighted by atomic mass is 15.1. The zero-order valence-electron chi connectivity index (χ0n) is 28.5. The Kier molecular flexibility index (Phi) is 7.36. The van der Waals surface area contributed by atoms with E-state index in [0.717, 1.165) is 94.7 Å². The van der Waals surface area contributed by atoms with E-state index in [9.17, 15) is 0 Å². The van der Waals surface area contributed by atoms with Crippen molar-refractivity contribution in [3.8, 4) is 62.0 Å². The summed E-state index contributed by atoms with van der Waals surface area (Å²) in [7, 11) is 0. The summed E-state index contributed by atoms with van der Waals surface area (Å²) in [5.41, 5.74) is 12.6. The van der Waals surface area contributed by atoms with Crippen molar-refractivity contribution in [2.45, 2.75) is 0 Å². The first-order valence-corrected chi connectivity index (χ1v) is 17.6. The highest BCUT2D eigenvalue weighted by Gasteiger charge is 2.21. The zero-order valence-corrected chi connectivity index (χ0v) is 28.5. The van der Waals surface area contributed by atoms with Gasteiger partial charge in [0, 0.05) is 63.5 Å². The fourth-order valence-corrected chi connectivity index (χ4v) is 7.25. The molecule has 5 heterocycles. The number of benzene rings is 5. The molecule has 0 N–H and O–H groups in total. The monoisotopic (exact) mass is 678 g/mol. The van der Waals surface area contributed by atoms with E-state index in [-0.39, 0.29) is 0 Å². The second-order valence-corrected chi connectivity index (χ2v) is 13.0. The molecular formula is C47H30N6. The van der Waals surface area contributed by atoms with Crippen LogP contribution in [0, 0.1) is 0 Å². The first-order valence-electron chi connectivity index (χ1n) is 17.6. The molecule has 0 spiro atoms. The van der Waals surface area contributed by atoms with Gasteiger partial charge in [0.05, 0.1) is 33.6 Å². The topological polar surface area (TPSA) is 69.4 Å². The van der Waals surface area contributed by atoms with Gasteiger partial charge in [0.2, 0.25) is 0 Å². The Morgan fingerprint density at radius 3 is 1.72 bits per heavy atom. The van der Waals surface area contributed by atoms with Gasteiger partial charge in [-0.25, -0.2) is 15.0 Å². The average molecular weight is 679 g/mol. The van der Waals surface area contributed by atoms with E-state index >= 15 is 0 Å². The molecule has 10 rings (SSSR count). The summed E-state index contributed by atoms with van der Waals surface area (Å²) in [5, 5.41) is 3.25. The summed E-state index contributed by atoms with van der Waals surface area (Å²) in [5.74, 6) is 0.889. The molecule has 248 valence electrons. The number of imidazole rings is 1. The molecule has 0 amide bonds. The van der Waals surface area contributed by atoms with Gasteiger partial charge in [0.15, 0.2) is 0 Å². The Bertz CT molecular complexity index is 2850. The molecule has 10 aromatic rings. The van der Waals surface area contributed by atoms with Crippen molar-refractivity contribution in [2.24, 2.45) is 0 Å². The third-order valence-electron chi connectivity index (χ3n) is 9.77. The van der Waals surface area contributed by atoms with Crippen molar-refractivity contribution in [3.05, 3.63) is 183 Å². The van der Waals surface area contributed by atoms with Crippen molar-refractivity contribution in [1.82, 2.24) is 29.5 Å². The zero-order chi connectivity index (χ0) is 35.1. The largest absolute Gasteiger partial charge is 0.292 e. The van der Waals surface area contributed by atoms with Gasteiger partial charge in [-0.2, -0.15) is 0 Å². The second-order valence-electron chi connectivity index (χ2n) is 13.0. The van der Waals surface area contributed by atoms with E-state index in [1.807, 2.05) is 54.9 Å². The molecule has 5 aromatic heterocycles. The summed E-state index contributed by atoms with van der Waals surface area (Å²) in [6, 6.07) is 54.5. The van der Waals surface area contributed by atoms with E-state index < -0.39 is 0 Å². The average Bonchev–Trinajstić information content (AvgIpc) is 3.65. The fraction of sp³-hybridized carbons (Fsp3) is 0. The van der Waals surface area contributed by atoms with Crippen LogP contribution in [0.2, 0.25) is 0 Å². The highest BCUT2D eigenvalue weighted by Crippen LogP contribution is 2.40. The quantitative estimate of drug-likeness (QED) is 0.164. The lowest BCUT2D eigenvalue weighted by atomic mass is 9.96. The van der Waals surface area contributed by atoms with Gasteiger partial charge in [-0.05, 0) is 77.2 Å². The van der Waals surface area contributed by atoms with Crippen LogP contribution in [0.5, 0.6) is 0 Å². The molecule has 0 aliphatic carbocycles. The van der Waals surface area contributed by atoms with Gasteiger partial charge in [0.1, 0.15) is 5.82 Å². The van der Waals surface area contributed by atoms with Crippen molar-refractivity contribution in [3.63, 3.8) is 0 Å². The number of hydrogen-bond acceptors (Lipinski definition) is 5. The third-order valence-corrected chi connectivity index (χ3v) is 9.77. The number of fused-ring (bicyclic) bond motifs is 5. The van der Waals surface area contributed by atoms with Crippen LogP contribution in [-0.2, 0) is 0 Å². The van der Waals surface area contributed by atoms with E-state index in [0.29, 0.717) is 0 Å². The molecule has 0 unspecified atom stereocenters. The van der Waals surface area contributed by atoms with Gasteiger partial charge in [-0.3, -0.25) is 14.5 Å². The second kappa shape index (κ2) is 12.8. The highest BCUT2D eigenvalue weighted by molar-refractivity contribution is 6.20. The van der Waals surface area contributed by atoms with Crippen LogP contribution in [0.25, 0.3) is 94.7 Å². The molecule has 0 bridgehead atoms. The molecule has 0 aliphatic heterocycles. The minimum atomic E-state index is 0.853. The molecule has 6 heteroatoms. The third kappa shape index (κ3) is 5.41. The fourth-order valence-electron chi connectivity index (χ4n) is 7.25. The molecule has 0 saturated heterocycles. The normalized spacial score (nSPS) is 11.4. The SMILES string of the molecule is c1ccc(-c2nc3c4c(-c5ccc(-c6cc(-c7cccnc7)nc(-c7cccnc7)c6)cc5)nc5ccccc5c4ccc3n2-c2ccccc2)cc1. The number of aromatic nitrogens is 6. The smallest absolute Gasteiger partial charge is 0.145 e. The Morgan fingerprint density at radius 2 is 1.04 bits per heavy atom. The number of nitrogens with zero attached hydrogens (tertiary/aromatic N) is 6. The van der Waals surface area contributed by atoms with Crippen molar-refractivity contribution >= 4 is 32.7 Å². The molecule has 0 radical (unpaired) electrons. The maximum Gasteiger partial charge on any atom is 0.145 e. The first kappa shape index (κ1) is 30.5. The Morgan fingerprint density at radius 1 is 0.415 bits per heavy atom. The first-order chi connectivity index (χ1) is 26.3. The predicted molar refractivity (Wildman–Crippen MR) is 214 cm³/mol. The molecule has 0 atom stereocenters. The summed E-state index contributed by atoms with van der Waals surface area (Å²) in [6.45, 7) is 0. The maximum absolute atomic E-state index is 5.43. The number of hydrogen-bond donors (Lipinski definition) is 0. The van der Waals surface area contributed by atoms with Crippen LogP contribution in [0.4, 0.5) is 0 Å². The lowest BCUT2D eigenvalue weighted by Crippen LogP contribution is -1.97. The number of pyridine rings is 4. The van der Waals surface area contributed by atoms with Crippen molar-refractivity contribution < 1.29 is 0 Å². The summed E-state index contributed by atoms with van der Waals surface area (Å²) in [6.07, 6.45) is 7.26. The summed E-state index contributed by atoms with van der Waals surface area (Å²) in [4.78, 5) is 24.5. The number of rotatable bonds is 6. The Labute approximate surface area is 305 Å². The van der Waals surface area contributed by atoms with Gasteiger partial charge < -0.3 is 0 Å². The minimum Gasteiger partial charge on any atom is -0.292 e. The van der Waals surface area contributed by atoms with Gasteiger partial charge in [-0.1, -0.05) is 97.1 Å². The van der Waals surface area contributed by atoms with Crippen LogP contribution in [0.1, 0.15) is 0 Å². The van der Waals surface area contributed by atoms with E-state index in [4.69, 9.17) is 15.0 Å². The molecule has 0 saturated carbocycles. The van der Waals surface area contributed by atoms with E-state index in [1.54, 1.807) is 12.4 Å². The van der Waals surface area contributed by atoms with Crippen molar-refractivity contribution in [2.75, 3.05) is 0 Å². The molecule has 53 heavy (non-hydrogen) atoms. The van der Waals surface area contributed by atoms with Crippen LogP contribution in [0.3, 0.4) is 0 Å². The van der Waals surface area contributed by atoms with Crippen molar-refractivity contribution in [1.29, 1.82) is 0 Å². The molecule has 0 aliphatic rings. The van der Waals surface area contributed by atoms with Gasteiger partial charge in [-0.15, -0.1) is 0 Å². The van der Waals surface area contributed by atoms with Gasteiger partial charge in [0.25, 0.3) is 0 Å². The molecular weight excluding hydrogens is 649 g/mol. The van der Waals surface area contributed by atoms with Crippen LogP contribution in [-0.4, -0.2) is 29.5 Å².